The minimum Gasteiger partial charge on any atom is -0.491 e. The van der Waals surface area contributed by atoms with Crippen molar-refractivity contribution in [2.45, 2.75) is 39.2 Å². The van der Waals surface area contributed by atoms with E-state index in [1.807, 2.05) is 41.3 Å². The van der Waals surface area contributed by atoms with Gasteiger partial charge in [0.15, 0.2) is 0 Å². The van der Waals surface area contributed by atoms with Crippen molar-refractivity contribution in [3.05, 3.63) is 95.3 Å². The first-order valence-corrected chi connectivity index (χ1v) is 12.1. The van der Waals surface area contributed by atoms with E-state index in [-0.39, 0.29) is 11.8 Å². The molecule has 1 fully saturated rings. The molecule has 0 radical (unpaired) electrons. The monoisotopic (exact) mass is 453 g/mol. The highest BCUT2D eigenvalue weighted by molar-refractivity contribution is 5.81. The first-order valence-electron chi connectivity index (χ1n) is 12.1. The van der Waals surface area contributed by atoms with Crippen molar-refractivity contribution in [3.8, 4) is 5.75 Å². The lowest BCUT2D eigenvalue weighted by Crippen LogP contribution is -2.27. The molecule has 1 saturated heterocycles. The summed E-state index contributed by atoms with van der Waals surface area (Å²) in [5, 5.41) is 0. The number of benzene rings is 3. The zero-order valence-electron chi connectivity index (χ0n) is 19.9. The van der Waals surface area contributed by atoms with Crippen LogP contribution in [0.4, 0.5) is 0 Å². The summed E-state index contributed by atoms with van der Waals surface area (Å²) in [5.74, 6) is 2.25. The third-order valence-corrected chi connectivity index (χ3v) is 6.75. The molecule has 5 heteroatoms. The molecular formula is C29H31N3O2. The molecule has 3 aromatic carbocycles. The van der Waals surface area contributed by atoms with Crippen molar-refractivity contribution in [2.75, 3.05) is 19.7 Å². The number of amides is 1. The lowest BCUT2D eigenvalue weighted by molar-refractivity contribution is -0.127. The van der Waals surface area contributed by atoms with Gasteiger partial charge in [-0.2, -0.15) is 0 Å². The Labute approximate surface area is 201 Å². The predicted molar refractivity (Wildman–Crippen MR) is 135 cm³/mol. The topological polar surface area (TPSA) is 47.4 Å². The number of carbonyl (C=O) groups is 1. The van der Waals surface area contributed by atoms with Gasteiger partial charge in [0.05, 0.1) is 17.6 Å². The van der Waals surface area contributed by atoms with E-state index in [0.29, 0.717) is 26.1 Å². The van der Waals surface area contributed by atoms with E-state index in [9.17, 15) is 4.79 Å². The highest BCUT2D eigenvalue weighted by Gasteiger charge is 2.33. The molecule has 5 rings (SSSR count). The third-order valence-electron chi connectivity index (χ3n) is 6.75. The molecule has 0 N–H and O–H groups in total. The third kappa shape index (κ3) is 4.56. The molecule has 2 heterocycles. The van der Waals surface area contributed by atoms with Crippen LogP contribution >= 0.6 is 0 Å². The molecule has 1 atom stereocenters. The van der Waals surface area contributed by atoms with Gasteiger partial charge in [0.2, 0.25) is 5.91 Å². The smallest absolute Gasteiger partial charge is 0.223 e. The van der Waals surface area contributed by atoms with Crippen molar-refractivity contribution in [3.63, 3.8) is 0 Å². The van der Waals surface area contributed by atoms with Crippen LogP contribution in [-0.2, 0) is 17.8 Å². The Morgan fingerprint density at radius 1 is 0.912 bits per heavy atom. The summed E-state index contributed by atoms with van der Waals surface area (Å²) in [6.45, 7) is 6.86. The van der Waals surface area contributed by atoms with Gasteiger partial charge in [-0.25, -0.2) is 4.98 Å². The summed E-state index contributed by atoms with van der Waals surface area (Å²) in [5.41, 5.74) is 5.62. The summed E-state index contributed by atoms with van der Waals surface area (Å²) in [7, 11) is 0. The molecule has 34 heavy (non-hydrogen) atoms. The van der Waals surface area contributed by atoms with Crippen LogP contribution in [0.2, 0.25) is 0 Å². The number of aromatic nitrogens is 2. The standard InChI is InChI=1S/C29H31N3O2/c1-21-9-8-10-22(2)28(21)34-18-17-32-26-14-7-6-13-25(26)30-29(32)24-19-27(33)31(20-24)16-15-23-11-4-3-5-12-23/h3-14,24H,15-20H2,1-2H3. The number of carbonyl (C=O) groups excluding carboxylic acids is 1. The lowest BCUT2D eigenvalue weighted by Gasteiger charge is -2.18. The first kappa shape index (κ1) is 22.2. The van der Waals surface area contributed by atoms with Crippen LogP contribution < -0.4 is 4.74 Å². The van der Waals surface area contributed by atoms with Crippen molar-refractivity contribution in [1.29, 1.82) is 0 Å². The van der Waals surface area contributed by atoms with Gasteiger partial charge in [0, 0.05) is 25.4 Å². The fourth-order valence-electron chi connectivity index (χ4n) is 4.98. The Kier molecular flexibility index (Phi) is 6.35. The predicted octanol–water partition coefficient (Wildman–Crippen LogP) is 5.29. The first-order chi connectivity index (χ1) is 16.6. The van der Waals surface area contributed by atoms with Gasteiger partial charge in [-0.3, -0.25) is 4.79 Å². The van der Waals surface area contributed by atoms with E-state index in [1.54, 1.807) is 0 Å². The number of fused-ring (bicyclic) bond motifs is 1. The van der Waals surface area contributed by atoms with Crippen LogP contribution in [0.25, 0.3) is 11.0 Å². The van der Waals surface area contributed by atoms with Gasteiger partial charge in [-0.1, -0.05) is 60.7 Å². The maximum atomic E-state index is 12.8. The zero-order valence-corrected chi connectivity index (χ0v) is 19.9. The number of imidazole rings is 1. The number of para-hydroxylation sites is 3. The summed E-state index contributed by atoms with van der Waals surface area (Å²) in [6, 6.07) is 24.8. The second-order valence-electron chi connectivity index (χ2n) is 9.16. The van der Waals surface area contributed by atoms with Gasteiger partial charge in [-0.15, -0.1) is 0 Å². The number of likely N-dealkylation sites (tertiary alicyclic amines) is 1. The molecule has 0 spiro atoms. The summed E-state index contributed by atoms with van der Waals surface area (Å²) in [6.07, 6.45) is 1.38. The summed E-state index contributed by atoms with van der Waals surface area (Å²) >= 11 is 0. The van der Waals surface area contributed by atoms with E-state index in [0.717, 1.165) is 46.7 Å². The Balaban J connectivity index is 1.33. The Bertz CT molecular complexity index is 1280. The van der Waals surface area contributed by atoms with E-state index >= 15 is 0 Å². The van der Waals surface area contributed by atoms with Crippen molar-refractivity contribution >= 4 is 16.9 Å². The zero-order chi connectivity index (χ0) is 23.5. The minimum atomic E-state index is 0.0934. The average Bonchev–Trinajstić information content (AvgIpc) is 3.40. The quantitative estimate of drug-likeness (QED) is 0.364. The molecule has 5 nitrogen and oxygen atoms in total. The largest absolute Gasteiger partial charge is 0.491 e. The van der Waals surface area contributed by atoms with E-state index < -0.39 is 0 Å². The Hall–Kier alpha value is -3.60. The maximum absolute atomic E-state index is 12.8. The van der Waals surface area contributed by atoms with Gasteiger partial charge >= 0.3 is 0 Å². The molecule has 174 valence electrons. The molecular weight excluding hydrogens is 422 g/mol. The summed E-state index contributed by atoms with van der Waals surface area (Å²) in [4.78, 5) is 19.8. The minimum absolute atomic E-state index is 0.0934. The molecule has 1 aliphatic heterocycles. The molecule has 1 unspecified atom stereocenters. The average molecular weight is 454 g/mol. The normalized spacial score (nSPS) is 15.9. The number of nitrogens with zero attached hydrogens (tertiary/aromatic N) is 3. The van der Waals surface area contributed by atoms with Gasteiger partial charge in [0.1, 0.15) is 18.2 Å². The fourth-order valence-corrected chi connectivity index (χ4v) is 4.98. The maximum Gasteiger partial charge on any atom is 0.223 e. The molecule has 0 saturated carbocycles. The molecule has 1 amide bonds. The second-order valence-corrected chi connectivity index (χ2v) is 9.16. The molecule has 0 aliphatic carbocycles. The number of rotatable bonds is 8. The van der Waals surface area contributed by atoms with Crippen LogP contribution in [0.5, 0.6) is 5.75 Å². The number of ether oxygens (including phenoxy) is 1. The molecule has 4 aromatic rings. The van der Waals surface area contributed by atoms with Gasteiger partial charge < -0.3 is 14.2 Å². The van der Waals surface area contributed by atoms with Gasteiger partial charge in [-0.05, 0) is 49.1 Å². The summed E-state index contributed by atoms with van der Waals surface area (Å²) < 4.78 is 8.46. The second kappa shape index (κ2) is 9.72. The van der Waals surface area contributed by atoms with Crippen LogP contribution in [0.15, 0.2) is 72.8 Å². The van der Waals surface area contributed by atoms with Crippen molar-refractivity contribution in [2.24, 2.45) is 0 Å². The van der Waals surface area contributed by atoms with Crippen molar-refractivity contribution < 1.29 is 9.53 Å². The Morgan fingerprint density at radius 2 is 1.65 bits per heavy atom. The fraction of sp³-hybridized carbons (Fsp3) is 0.310. The van der Waals surface area contributed by atoms with Crippen LogP contribution in [-0.4, -0.2) is 40.1 Å². The highest BCUT2D eigenvalue weighted by Crippen LogP contribution is 2.31. The number of hydrogen-bond donors (Lipinski definition) is 0. The molecule has 1 aliphatic rings. The highest BCUT2D eigenvalue weighted by atomic mass is 16.5. The van der Waals surface area contributed by atoms with Crippen LogP contribution in [0, 0.1) is 13.8 Å². The van der Waals surface area contributed by atoms with E-state index in [2.05, 4.69) is 54.8 Å². The number of hydrogen-bond acceptors (Lipinski definition) is 3. The lowest BCUT2D eigenvalue weighted by atomic mass is 10.1. The molecule has 0 bridgehead atoms. The van der Waals surface area contributed by atoms with Crippen LogP contribution in [0.1, 0.15) is 34.9 Å². The SMILES string of the molecule is Cc1cccc(C)c1OCCn1c(C2CC(=O)N(CCc3ccccc3)C2)nc2ccccc21. The van der Waals surface area contributed by atoms with Crippen molar-refractivity contribution in [1.82, 2.24) is 14.5 Å². The van der Waals surface area contributed by atoms with Gasteiger partial charge in [0.25, 0.3) is 0 Å². The molecule has 1 aromatic heterocycles. The number of aryl methyl sites for hydroxylation is 2. The van der Waals surface area contributed by atoms with Crippen LogP contribution in [0.3, 0.4) is 0 Å². The Morgan fingerprint density at radius 3 is 2.44 bits per heavy atom. The van der Waals surface area contributed by atoms with E-state index in [1.165, 1.54) is 5.56 Å². The van der Waals surface area contributed by atoms with E-state index in [4.69, 9.17) is 9.72 Å².